The third-order valence-corrected chi connectivity index (χ3v) is 5.29. The second kappa shape index (κ2) is 4.90. The van der Waals surface area contributed by atoms with Crippen LogP contribution in [0.4, 0.5) is 0 Å². The van der Waals surface area contributed by atoms with E-state index in [4.69, 9.17) is 28.9 Å². The quantitative estimate of drug-likeness (QED) is 0.878. The van der Waals surface area contributed by atoms with Gasteiger partial charge >= 0.3 is 0 Å². The number of carbonyl (C=O) groups excluding carboxylic acids is 1. The third-order valence-electron chi connectivity index (χ3n) is 4.55. The number of carbonyl (C=O) groups is 1. The first kappa shape index (κ1) is 15.6. The fraction of sp³-hybridized carbons (Fsp3) is 0.533. The summed E-state index contributed by atoms with van der Waals surface area (Å²) in [4.78, 5) is 12.3. The molecule has 1 fully saturated rings. The molecule has 0 aromatic heterocycles. The van der Waals surface area contributed by atoms with E-state index < -0.39 is 0 Å². The van der Waals surface area contributed by atoms with Gasteiger partial charge in [-0.05, 0) is 18.2 Å². The lowest BCUT2D eigenvalue weighted by Gasteiger charge is -2.62. The van der Waals surface area contributed by atoms with Crippen LogP contribution in [0.2, 0.25) is 10.0 Å². The summed E-state index contributed by atoms with van der Waals surface area (Å²) >= 11 is 11.8. The van der Waals surface area contributed by atoms with Crippen LogP contribution in [0.3, 0.4) is 0 Å². The molecule has 5 heteroatoms. The van der Waals surface area contributed by atoms with E-state index in [2.05, 4.69) is 33.0 Å². The average molecular weight is 315 g/mol. The number of nitrogens with one attached hydrogen (secondary N) is 1. The minimum Gasteiger partial charge on any atom is -0.348 e. The van der Waals surface area contributed by atoms with E-state index in [0.29, 0.717) is 15.6 Å². The highest BCUT2D eigenvalue weighted by Crippen LogP contribution is 2.52. The Morgan fingerprint density at radius 1 is 1.15 bits per heavy atom. The van der Waals surface area contributed by atoms with E-state index in [1.54, 1.807) is 18.2 Å². The Labute approximate surface area is 129 Å². The molecule has 0 unspecified atom stereocenters. The molecule has 0 atom stereocenters. The normalized spacial score (nSPS) is 26.8. The van der Waals surface area contributed by atoms with Crippen LogP contribution in [0.15, 0.2) is 18.2 Å². The molecule has 0 bridgehead atoms. The van der Waals surface area contributed by atoms with Gasteiger partial charge in [0.25, 0.3) is 5.91 Å². The van der Waals surface area contributed by atoms with Crippen molar-refractivity contribution < 1.29 is 4.79 Å². The highest BCUT2D eigenvalue weighted by molar-refractivity contribution is 6.42. The summed E-state index contributed by atoms with van der Waals surface area (Å²) in [6.45, 7) is 8.29. The molecule has 1 aromatic carbocycles. The van der Waals surface area contributed by atoms with E-state index in [-0.39, 0.29) is 28.8 Å². The van der Waals surface area contributed by atoms with E-state index in [1.165, 1.54) is 0 Å². The van der Waals surface area contributed by atoms with Gasteiger partial charge in [0.1, 0.15) is 0 Å². The largest absolute Gasteiger partial charge is 0.348 e. The number of nitrogens with two attached hydrogens (primary N) is 1. The molecule has 3 N–H and O–H groups in total. The van der Waals surface area contributed by atoms with Crippen LogP contribution in [0.1, 0.15) is 38.1 Å². The summed E-state index contributed by atoms with van der Waals surface area (Å²) in [7, 11) is 0. The van der Waals surface area contributed by atoms with Gasteiger partial charge in [0.05, 0.1) is 10.0 Å². The van der Waals surface area contributed by atoms with E-state index in [1.807, 2.05) is 0 Å². The van der Waals surface area contributed by atoms with Crippen LogP contribution in [-0.2, 0) is 0 Å². The van der Waals surface area contributed by atoms with Crippen molar-refractivity contribution in [2.45, 2.75) is 39.8 Å². The van der Waals surface area contributed by atoms with Crippen molar-refractivity contribution in [2.75, 3.05) is 0 Å². The Morgan fingerprint density at radius 3 is 2.20 bits per heavy atom. The minimum atomic E-state index is -0.151. The summed E-state index contributed by atoms with van der Waals surface area (Å²) in [5.41, 5.74) is 6.44. The van der Waals surface area contributed by atoms with Crippen LogP contribution >= 0.6 is 23.2 Å². The van der Waals surface area contributed by atoms with Gasteiger partial charge in [0, 0.05) is 28.5 Å². The lowest BCUT2D eigenvalue weighted by Crippen LogP contribution is -2.76. The van der Waals surface area contributed by atoms with Crippen LogP contribution in [0, 0.1) is 10.8 Å². The maximum atomic E-state index is 12.3. The molecule has 110 valence electrons. The van der Waals surface area contributed by atoms with Crippen molar-refractivity contribution in [3.8, 4) is 0 Å². The standard InChI is InChI=1S/C15H20Cl2N2O/c1-14(2)12(18)15(3,4)13(14)19-11(20)8-5-6-9(16)10(17)7-8/h5-7,12-13H,18H2,1-4H3,(H,19,20). The Bertz CT molecular complexity index is 539. The predicted octanol–water partition coefficient (Wildman–Crippen LogP) is 3.49. The first-order valence-corrected chi connectivity index (χ1v) is 7.35. The third kappa shape index (κ3) is 2.32. The molecule has 1 aliphatic rings. The van der Waals surface area contributed by atoms with Gasteiger partial charge < -0.3 is 11.1 Å². The summed E-state index contributed by atoms with van der Waals surface area (Å²) < 4.78 is 0. The molecule has 1 aliphatic carbocycles. The van der Waals surface area contributed by atoms with E-state index in [0.717, 1.165) is 0 Å². The Morgan fingerprint density at radius 2 is 1.70 bits per heavy atom. The molecule has 0 aliphatic heterocycles. The van der Waals surface area contributed by atoms with E-state index in [9.17, 15) is 4.79 Å². The first-order chi connectivity index (χ1) is 9.08. The minimum absolute atomic E-state index is 0.0203. The van der Waals surface area contributed by atoms with Crippen LogP contribution in [-0.4, -0.2) is 18.0 Å². The second-order valence-electron chi connectivity index (χ2n) is 6.66. The average Bonchev–Trinajstić information content (AvgIpc) is 2.37. The summed E-state index contributed by atoms with van der Waals surface area (Å²) in [5, 5.41) is 3.89. The molecular weight excluding hydrogens is 295 g/mol. The zero-order valence-electron chi connectivity index (χ0n) is 12.1. The van der Waals surface area contributed by atoms with Gasteiger partial charge in [0.2, 0.25) is 0 Å². The molecular formula is C15H20Cl2N2O. The van der Waals surface area contributed by atoms with Crippen molar-refractivity contribution in [2.24, 2.45) is 16.6 Å². The van der Waals surface area contributed by atoms with Crippen molar-refractivity contribution >= 4 is 29.1 Å². The summed E-state index contributed by atoms with van der Waals surface area (Å²) in [6, 6.07) is 4.95. The lowest BCUT2D eigenvalue weighted by molar-refractivity contribution is -0.0663. The van der Waals surface area contributed by atoms with Gasteiger partial charge in [-0.1, -0.05) is 50.9 Å². The first-order valence-electron chi connectivity index (χ1n) is 6.60. The molecule has 1 saturated carbocycles. The molecule has 20 heavy (non-hydrogen) atoms. The molecule has 3 nitrogen and oxygen atoms in total. The molecule has 2 rings (SSSR count). The zero-order valence-corrected chi connectivity index (χ0v) is 13.6. The number of benzene rings is 1. The number of hydrogen-bond acceptors (Lipinski definition) is 2. The van der Waals surface area contributed by atoms with Crippen molar-refractivity contribution in [1.29, 1.82) is 0 Å². The lowest BCUT2D eigenvalue weighted by atomic mass is 9.48. The molecule has 0 spiro atoms. The van der Waals surface area contributed by atoms with Crippen LogP contribution < -0.4 is 11.1 Å². The Balaban J connectivity index is 2.18. The maximum absolute atomic E-state index is 12.3. The van der Waals surface area contributed by atoms with Gasteiger partial charge in [-0.2, -0.15) is 0 Å². The monoisotopic (exact) mass is 314 g/mol. The highest BCUT2D eigenvalue weighted by atomic mass is 35.5. The number of rotatable bonds is 2. The van der Waals surface area contributed by atoms with Gasteiger partial charge in [-0.15, -0.1) is 0 Å². The highest BCUT2D eigenvalue weighted by Gasteiger charge is 2.60. The molecule has 1 aromatic rings. The number of halogens is 2. The van der Waals surface area contributed by atoms with Gasteiger partial charge in [-0.25, -0.2) is 0 Å². The van der Waals surface area contributed by atoms with Crippen LogP contribution in [0.5, 0.6) is 0 Å². The molecule has 0 heterocycles. The molecule has 0 radical (unpaired) electrons. The summed E-state index contributed by atoms with van der Waals surface area (Å²) in [5.74, 6) is -0.151. The second-order valence-corrected chi connectivity index (χ2v) is 7.47. The number of hydrogen-bond donors (Lipinski definition) is 2. The Hall–Kier alpha value is -0.770. The van der Waals surface area contributed by atoms with Gasteiger partial charge in [0.15, 0.2) is 0 Å². The van der Waals surface area contributed by atoms with Crippen LogP contribution in [0.25, 0.3) is 0 Å². The smallest absolute Gasteiger partial charge is 0.251 e. The van der Waals surface area contributed by atoms with Crippen molar-refractivity contribution in [1.82, 2.24) is 5.32 Å². The fourth-order valence-corrected chi connectivity index (χ4v) is 3.70. The van der Waals surface area contributed by atoms with Gasteiger partial charge in [-0.3, -0.25) is 4.79 Å². The molecule has 1 amide bonds. The SMILES string of the molecule is CC1(C)C(N)C(C)(C)C1NC(=O)c1ccc(Cl)c(Cl)c1. The maximum Gasteiger partial charge on any atom is 0.251 e. The predicted molar refractivity (Wildman–Crippen MR) is 83.3 cm³/mol. The zero-order chi connectivity index (χ0) is 15.3. The Kier molecular flexibility index (Phi) is 3.83. The van der Waals surface area contributed by atoms with E-state index >= 15 is 0 Å². The molecule has 0 saturated heterocycles. The van der Waals surface area contributed by atoms with Crippen molar-refractivity contribution in [3.63, 3.8) is 0 Å². The topological polar surface area (TPSA) is 55.1 Å². The number of amides is 1. The van der Waals surface area contributed by atoms with Crippen molar-refractivity contribution in [3.05, 3.63) is 33.8 Å². The summed E-state index contributed by atoms with van der Waals surface area (Å²) in [6.07, 6.45) is 0. The fourth-order valence-electron chi connectivity index (χ4n) is 3.40.